The summed E-state index contributed by atoms with van der Waals surface area (Å²) in [5.41, 5.74) is -0.392. The number of nitro benzene ring substituents is 1. The predicted octanol–water partition coefficient (Wildman–Crippen LogP) is 1.68. The van der Waals surface area contributed by atoms with Crippen LogP contribution < -0.4 is 0 Å². The number of hydrogen-bond acceptors (Lipinski definition) is 5. The van der Waals surface area contributed by atoms with E-state index in [1.165, 1.54) is 22.5 Å². The minimum atomic E-state index is -3.86. The molecule has 0 saturated carbocycles. The number of hydrogen-bond donors (Lipinski definition) is 0. The summed E-state index contributed by atoms with van der Waals surface area (Å²) in [5, 5.41) is 11.1. The molecule has 1 heterocycles. The topological polar surface area (TPSA) is 83.8 Å². The second-order valence-electron chi connectivity index (χ2n) is 4.71. The third-order valence-electron chi connectivity index (χ3n) is 3.51. The Morgan fingerprint density at radius 1 is 1.29 bits per heavy atom. The molecule has 116 valence electrons. The maximum atomic E-state index is 12.6. The Bertz CT molecular complexity index is 642. The number of likely N-dealkylation sites (N-methyl/N-ethyl adjacent to an activating group) is 1. The van der Waals surface area contributed by atoms with Gasteiger partial charge in [0.05, 0.1) is 4.92 Å². The first kappa shape index (κ1) is 16.3. The van der Waals surface area contributed by atoms with E-state index in [0.29, 0.717) is 30.7 Å². The van der Waals surface area contributed by atoms with Gasteiger partial charge < -0.3 is 4.90 Å². The van der Waals surface area contributed by atoms with Crippen molar-refractivity contribution in [1.82, 2.24) is 9.21 Å². The molecule has 1 aromatic rings. The van der Waals surface area contributed by atoms with Crippen LogP contribution >= 0.6 is 15.9 Å². The minimum Gasteiger partial charge on any atom is -0.301 e. The van der Waals surface area contributed by atoms with Gasteiger partial charge in [-0.2, -0.15) is 4.31 Å². The molecule has 0 N–H and O–H groups in total. The fourth-order valence-corrected chi connectivity index (χ4v) is 4.39. The van der Waals surface area contributed by atoms with Crippen LogP contribution in [0.3, 0.4) is 0 Å². The lowest BCUT2D eigenvalue weighted by atomic mass is 10.3. The van der Waals surface area contributed by atoms with Crippen molar-refractivity contribution in [3.8, 4) is 0 Å². The Balaban J connectivity index is 2.36. The van der Waals surface area contributed by atoms with Gasteiger partial charge in [0.25, 0.3) is 5.69 Å². The summed E-state index contributed by atoms with van der Waals surface area (Å²) in [5.74, 6) is 0. The van der Waals surface area contributed by atoms with E-state index in [-0.39, 0.29) is 4.90 Å². The van der Waals surface area contributed by atoms with Crippen LogP contribution in [0.5, 0.6) is 0 Å². The number of nitrogens with zero attached hydrogens (tertiary/aromatic N) is 3. The van der Waals surface area contributed by atoms with E-state index in [0.717, 1.165) is 6.54 Å². The van der Waals surface area contributed by atoms with E-state index < -0.39 is 20.6 Å². The van der Waals surface area contributed by atoms with Gasteiger partial charge in [-0.1, -0.05) is 22.9 Å². The van der Waals surface area contributed by atoms with Crippen molar-refractivity contribution in [2.75, 3.05) is 32.7 Å². The van der Waals surface area contributed by atoms with Crippen LogP contribution in [0, 0.1) is 10.1 Å². The Morgan fingerprint density at radius 3 is 2.43 bits per heavy atom. The smallest absolute Gasteiger partial charge is 0.289 e. The van der Waals surface area contributed by atoms with Gasteiger partial charge in [-0.25, -0.2) is 8.42 Å². The third kappa shape index (κ3) is 3.42. The maximum Gasteiger partial charge on any atom is 0.289 e. The first-order valence-electron chi connectivity index (χ1n) is 6.52. The lowest BCUT2D eigenvalue weighted by Crippen LogP contribution is -2.48. The van der Waals surface area contributed by atoms with Gasteiger partial charge in [0.2, 0.25) is 10.0 Å². The van der Waals surface area contributed by atoms with Crippen LogP contribution in [-0.4, -0.2) is 55.3 Å². The second kappa shape index (κ2) is 6.39. The molecule has 9 heteroatoms. The number of benzene rings is 1. The largest absolute Gasteiger partial charge is 0.301 e. The molecule has 0 radical (unpaired) electrons. The Hall–Kier alpha value is -1.03. The maximum absolute atomic E-state index is 12.6. The molecule has 0 atom stereocenters. The molecule has 1 aliphatic heterocycles. The van der Waals surface area contributed by atoms with E-state index in [2.05, 4.69) is 20.8 Å². The van der Waals surface area contributed by atoms with Crippen LogP contribution in [0.1, 0.15) is 6.92 Å². The lowest BCUT2D eigenvalue weighted by Gasteiger charge is -2.33. The lowest BCUT2D eigenvalue weighted by molar-refractivity contribution is -0.387. The normalized spacial score (nSPS) is 17.8. The van der Waals surface area contributed by atoms with Crippen LogP contribution in [0.25, 0.3) is 0 Å². The van der Waals surface area contributed by atoms with Crippen molar-refractivity contribution < 1.29 is 13.3 Å². The van der Waals surface area contributed by atoms with Crippen LogP contribution in [0.2, 0.25) is 0 Å². The fourth-order valence-electron chi connectivity index (χ4n) is 2.27. The van der Waals surface area contributed by atoms with Crippen LogP contribution in [0.15, 0.2) is 27.6 Å². The van der Waals surface area contributed by atoms with E-state index in [9.17, 15) is 18.5 Å². The summed E-state index contributed by atoms with van der Waals surface area (Å²) in [4.78, 5) is 12.3. The number of rotatable bonds is 4. The molecule has 0 unspecified atom stereocenters. The van der Waals surface area contributed by atoms with Crippen LogP contribution in [-0.2, 0) is 10.0 Å². The Labute approximate surface area is 131 Å². The van der Waals surface area contributed by atoms with Gasteiger partial charge in [0.1, 0.15) is 0 Å². The highest BCUT2D eigenvalue weighted by Crippen LogP contribution is 2.30. The van der Waals surface area contributed by atoms with Crippen LogP contribution in [0.4, 0.5) is 5.69 Å². The standard InChI is InChI=1S/C12H16BrN3O4S/c1-2-14-5-7-15(8-6-14)21(19,20)12-9-10(13)3-4-11(12)16(17)18/h3-4,9H,2,5-8H2,1H3. The average Bonchev–Trinajstić information content (AvgIpc) is 2.47. The molecule has 2 rings (SSSR count). The van der Waals surface area contributed by atoms with Crippen molar-refractivity contribution >= 4 is 31.6 Å². The van der Waals surface area contributed by atoms with Crippen molar-refractivity contribution in [3.63, 3.8) is 0 Å². The van der Waals surface area contributed by atoms with Gasteiger partial charge in [-0.3, -0.25) is 10.1 Å². The van der Waals surface area contributed by atoms with Gasteiger partial charge in [0.15, 0.2) is 4.90 Å². The summed E-state index contributed by atoms with van der Waals surface area (Å²) < 4.78 is 27.1. The summed E-state index contributed by atoms with van der Waals surface area (Å²) >= 11 is 3.17. The Kier molecular flexibility index (Phi) is 4.97. The second-order valence-corrected chi connectivity index (χ2v) is 7.53. The van der Waals surface area contributed by atoms with E-state index >= 15 is 0 Å². The minimum absolute atomic E-state index is 0.258. The van der Waals surface area contributed by atoms with Gasteiger partial charge in [-0.05, 0) is 18.7 Å². The molecule has 1 aliphatic rings. The van der Waals surface area contributed by atoms with Crippen molar-refractivity contribution in [2.24, 2.45) is 0 Å². The number of sulfonamides is 1. The molecular formula is C12H16BrN3O4S. The van der Waals surface area contributed by atoms with Gasteiger partial charge in [-0.15, -0.1) is 0 Å². The number of piperazine rings is 1. The molecule has 0 spiro atoms. The summed E-state index contributed by atoms with van der Waals surface area (Å²) in [6, 6.07) is 3.96. The molecule has 0 aromatic heterocycles. The first-order valence-corrected chi connectivity index (χ1v) is 8.76. The number of halogens is 1. The monoisotopic (exact) mass is 377 g/mol. The highest BCUT2D eigenvalue weighted by molar-refractivity contribution is 9.10. The zero-order valence-electron chi connectivity index (χ0n) is 11.5. The molecule has 0 bridgehead atoms. The molecule has 7 nitrogen and oxygen atoms in total. The third-order valence-corrected chi connectivity index (χ3v) is 5.94. The molecule has 0 aliphatic carbocycles. The van der Waals surface area contributed by atoms with Gasteiger partial charge >= 0.3 is 0 Å². The molecule has 1 saturated heterocycles. The highest BCUT2D eigenvalue weighted by atomic mass is 79.9. The van der Waals surface area contributed by atoms with Crippen molar-refractivity contribution in [3.05, 3.63) is 32.8 Å². The Morgan fingerprint density at radius 2 is 1.90 bits per heavy atom. The molecule has 0 amide bonds. The van der Waals surface area contributed by atoms with Gasteiger partial charge in [0, 0.05) is 36.7 Å². The zero-order valence-corrected chi connectivity index (χ0v) is 13.9. The molecule has 1 aromatic carbocycles. The SMILES string of the molecule is CCN1CCN(S(=O)(=O)c2cc(Br)ccc2[N+](=O)[O-])CC1. The summed E-state index contributed by atoms with van der Waals surface area (Å²) in [6.45, 7) is 4.85. The summed E-state index contributed by atoms with van der Waals surface area (Å²) in [7, 11) is -3.86. The zero-order chi connectivity index (χ0) is 15.6. The molecule has 1 fully saturated rings. The van der Waals surface area contributed by atoms with Crippen molar-refractivity contribution in [1.29, 1.82) is 0 Å². The average molecular weight is 378 g/mol. The first-order chi connectivity index (χ1) is 9.86. The highest BCUT2D eigenvalue weighted by Gasteiger charge is 2.33. The quantitative estimate of drug-likeness (QED) is 0.588. The van der Waals surface area contributed by atoms with E-state index in [1.54, 1.807) is 0 Å². The summed E-state index contributed by atoms with van der Waals surface area (Å²) in [6.07, 6.45) is 0. The predicted molar refractivity (Wildman–Crippen MR) is 81.7 cm³/mol. The molecule has 21 heavy (non-hydrogen) atoms. The number of nitro groups is 1. The van der Waals surface area contributed by atoms with E-state index in [1.807, 2.05) is 6.92 Å². The van der Waals surface area contributed by atoms with E-state index in [4.69, 9.17) is 0 Å². The van der Waals surface area contributed by atoms with Crippen molar-refractivity contribution in [2.45, 2.75) is 11.8 Å². The fraction of sp³-hybridized carbons (Fsp3) is 0.500. The molecular weight excluding hydrogens is 362 g/mol.